The van der Waals surface area contributed by atoms with Crippen molar-refractivity contribution in [2.24, 2.45) is 5.92 Å². The van der Waals surface area contributed by atoms with Crippen LogP contribution in [0.3, 0.4) is 0 Å². The van der Waals surface area contributed by atoms with Gasteiger partial charge in [0.15, 0.2) is 0 Å². The molecule has 0 bridgehead atoms. The number of aromatic nitrogens is 2. The predicted molar refractivity (Wildman–Crippen MR) is 120 cm³/mol. The standard InChI is InChI=1S/C23H28ClN5O2/c1-15(30)28-12-9-17(10-13-28)22(31)29-11-3-2-4-20(29)21-19(14-26-23(25)27-21)16-5-7-18(24)8-6-16/h5-8,14,17,20H,2-4,9-13H2,1H3,(H2,25,26,27). The molecule has 2 aliphatic heterocycles. The second kappa shape index (κ2) is 9.22. The minimum Gasteiger partial charge on any atom is -0.368 e. The quantitative estimate of drug-likeness (QED) is 0.784. The van der Waals surface area contributed by atoms with Crippen molar-refractivity contribution < 1.29 is 9.59 Å². The minimum atomic E-state index is -0.136. The van der Waals surface area contributed by atoms with Crippen LogP contribution in [0.1, 0.15) is 50.8 Å². The molecule has 4 rings (SSSR count). The Morgan fingerprint density at radius 2 is 1.77 bits per heavy atom. The van der Waals surface area contributed by atoms with E-state index >= 15 is 0 Å². The maximum absolute atomic E-state index is 13.5. The van der Waals surface area contributed by atoms with E-state index in [4.69, 9.17) is 17.3 Å². The molecule has 1 unspecified atom stereocenters. The van der Waals surface area contributed by atoms with Gasteiger partial charge in [0.25, 0.3) is 0 Å². The molecule has 2 N–H and O–H groups in total. The number of hydrogen-bond acceptors (Lipinski definition) is 5. The molecule has 0 spiro atoms. The lowest BCUT2D eigenvalue weighted by atomic mass is 9.90. The summed E-state index contributed by atoms with van der Waals surface area (Å²) >= 11 is 6.06. The number of halogens is 1. The van der Waals surface area contributed by atoms with Gasteiger partial charge in [0.2, 0.25) is 17.8 Å². The zero-order chi connectivity index (χ0) is 22.0. The van der Waals surface area contributed by atoms with Gasteiger partial charge in [-0.3, -0.25) is 9.59 Å². The van der Waals surface area contributed by atoms with Crippen LogP contribution in [0.4, 0.5) is 5.95 Å². The molecule has 0 aliphatic carbocycles. The van der Waals surface area contributed by atoms with Gasteiger partial charge in [-0.2, -0.15) is 0 Å². The number of rotatable bonds is 3. The predicted octanol–water partition coefficient (Wildman–Crippen LogP) is 3.69. The SMILES string of the molecule is CC(=O)N1CCC(C(=O)N2CCCCC2c2nc(N)ncc2-c2ccc(Cl)cc2)CC1. The molecule has 1 atom stereocenters. The number of amides is 2. The van der Waals surface area contributed by atoms with Gasteiger partial charge in [0.1, 0.15) is 0 Å². The Balaban J connectivity index is 1.62. The van der Waals surface area contributed by atoms with Crippen molar-refractivity contribution in [2.45, 2.75) is 45.1 Å². The Morgan fingerprint density at radius 3 is 2.45 bits per heavy atom. The molecular formula is C23H28ClN5O2. The number of nitrogens with zero attached hydrogens (tertiary/aromatic N) is 4. The third-order valence-electron chi connectivity index (χ3n) is 6.38. The van der Waals surface area contributed by atoms with Crippen LogP contribution >= 0.6 is 11.6 Å². The Hall–Kier alpha value is -2.67. The van der Waals surface area contributed by atoms with E-state index in [1.165, 1.54) is 0 Å². The van der Waals surface area contributed by atoms with Crippen LogP contribution < -0.4 is 5.73 Å². The van der Waals surface area contributed by atoms with Crippen LogP contribution in [-0.2, 0) is 9.59 Å². The second-order valence-corrected chi connectivity index (χ2v) is 8.79. The van der Waals surface area contributed by atoms with Crippen LogP contribution in [0.2, 0.25) is 5.02 Å². The summed E-state index contributed by atoms with van der Waals surface area (Å²) in [5.74, 6) is 0.382. The molecule has 3 heterocycles. The van der Waals surface area contributed by atoms with Gasteiger partial charge in [-0.05, 0) is 49.8 Å². The summed E-state index contributed by atoms with van der Waals surface area (Å²) in [5, 5.41) is 0.660. The first-order valence-electron chi connectivity index (χ1n) is 10.9. The van der Waals surface area contributed by atoms with E-state index in [9.17, 15) is 9.59 Å². The Kier molecular flexibility index (Phi) is 6.41. The lowest BCUT2D eigenvalue weighted by Crippen LogP contribution is -2.46. The monoisotopic (exact) mass is 441 g/mol. The maximum Gasteiger partial charge on any atom is 0.226 e. The summed E-state index contributed by atoms with van der Waals surface area (Å²) < 4.78 is 0. The van der Waals surface area contributed by atoms with E-state index in [1.54, 1.807) is 13.1 Å². The first-order chi connectivity index (χ1) is 14.9. The highest BCUT2D eigenvalue weighted by Gasteiger charge is 2.36. The topological polar surface area (TPSA) is 92.4 Å². The molecule has 2 aliphatic rings. The van der Waals surface area contributed by atoms with Crippen molar-refractivity contribution >= 4 is 29.4 Å². The number of hydrogen-bond donors (Lipinski definition) is 1. The summed E-state index contributed by atoms with van der Waals surface area (Å²) in [5.41, 5.74) is 8.58. The van der Waals surface area contributed by atoms with E-state index in [1.807, 2.05) is 34.1 Å². The van der Waals surface area contributed by atoms with E-state index < -0.39 is 0 Å². The molecule has 1 aromatic heterocycles. The summed E-state index contributed by atoms with van der Waals surface area (Å²) in [6, 6.07) is 7.41. The van der Waals surface area contributed by atoms with E-state index in [2.05, 4.69) is 9.97 Å². The molecule has 7 nitrogen and oxygen atoms in total. The molecular weight excluding hydrogens is 414 g/mol. The van der Waals surface area contributed by atoms with Crippen molar-refractivity contribution in [3.05, 3.63) is 41.2 Å². The number of anilines is 1. The summed E-state index contributed by atoms with van der Waals surface area (Å²) in [7, 11) is 0. The number of piperidine rings is 2. The molecule has 0 radical (unpaired) electrons. The minimum absolute atomic E-state index is 0.0608. The van der Waals surface area contributed by atoms with E-state index in [-0.39, 0.29) is 29.7 Å². The fraction of sp³-hybridized carbons (Fsp3) is 0.478. The highest BCUT2D eigenvalue weighted by Crippen LogP contribution is 2.37. The largest absolute Gasteiger partial charge is 0.368 e. The fourth-order valence-corrected chi connectivity index (χ4v) is 4.80. The number of carbonyl (C=O) groups is 2. The zero-order valence-electron chi connectivity index (χ0n) is 17.8. The van der Waals surface area contributed by atoms with Gasteiger partial charge >= 0.3 is 0 Å². The smallest absolute Gasteiger partial charge is 0.226 e. The Labute approximate surface area is 187 Å². The number of likely N-dealkylation sites (tertiary alicyclic amines) is 2. The van der Waals surface area contributed by atoms with Gasteiger partial charge in [-0.25, -0.2) is 9.97 Å². The lowest BCUT2D eigenvalue weighted by Gasteiger charge is -2.40. The van der Waals surface area contributed by atoms with Crippen molar-refractivity contribution in [3.63, 3.8) is 0 Å². The molecule has 164 valence electrons. The highest BCUT2D eigenvalue weighted by molar-refractivity contribution is 6.30. The number of carbonyl (C=O) groups excluding carboxylic acids is 2. The van der Waals surface area contributed by atoms with Gasteiger partial charge in [-0.15, -0.1) is 0 Å². The molecule has 2 saturated heterocycles. The van der Waals surface area contributed by atoms with Gasteiger partial charge in [0, 0.05) is 49.3 Å². The first kappa shape index (κ1) is 21.6. The van der Waals surface area contributed by atoms with Crippen molar-refractivity contribution in [3.8, 4) is 11.1 Å². The van der Waals surface area contributed by atoms with Gasteiger partial charge in [-0.1, -0.05) is 23.7 Å². The summed E-state index contributed by atoms with van der Waals surface area (Å²) in [4.78, 5) is 37.8. The summed E-state index contributed by atoms with van der Waals surface area (Å²) in [6.45, 7) is 3.57. The number of nitrogen functional groups attached to an aromatic ring is 1. The van der Waals surface area contributed by atoms with E-state index in [0.29, 0.717) is 37.5 Å². The Morgan fingerprint density at radius 1 is 1.06 bits per heavy atom. The molecule has 1 aromatic carbocycles. The molecule has 0 saturated carbocycles. The highest BCUT2D eigenvalue weighted by atomic mass is 35.5. The average Bonchev–Trinajstić information content (AvgIpc) is 2.79. The summed E-state index contributed by atoms with van der Waals surface area (Å²) in [6.07, 6.45) is 6.00. The van der Waals surface area contributed by atoms with Gasteiger partial charge < -0.3 is 15.5 Å². The maximum atomic E-state index is 13.5. The van der Waals surface area contributed by atoms with Crippen molar-refractivity contribution in [2.75, 3.05) is 25.4 Å². The third-order valence-corrected chi connectivity index (χ3v) is 6.64. The first-order valence-corrected chi connectivity index (χ1v) is 11.3. The van der Waals surface area contributed by atoms with Crippen LogP contribution in [0.25, 0.3) is 11.1 Å². The second-order valence-electron chi connectivity index (χ2n) is 8.36. The van der Waals surface area contributed by atoms with Gasteiger partial charge in [0.05, 0.1) is 11.7 Å². The molecule has 2 amide bonds. The van der Waals surface area contributed by atoms with Crippen LogP contribution in [0, 0.1) is 5.92 Å². The molecule has 2 fully saturated rings. The average molecular weight is 442 g/mol. The lowest BCUT2D eigenvalue weighted by molar-refractivity contribution is -0.143. The van der Waals surface area contributed by atoms with E-state index in [0.717, 1.165) is 36.1 Å². The van der Waals surface area contributed by atoms with Crippen LogP contribution in [-0.4, -0.2) is 51.2 Å². The Bertz CT molecular complexity index is 957. The zero-order valence-corrected chi connectivity index (χ0v) is 18.5. The normalized spacial score (nSPS) is 20.0. The number of nitrogens with two attached hydrogens (primary N) is 1. The number of benzene rings is 1. The third kappa shape index (κ3) is 4.66. The molecule has 8 heteroatoms. The van der Waals surface area contributed by atoms with Crippen molar-refractivity contribution in [1.29, 1.82) is 0 Å². The molecule has 2 aromatic rings. The fourth-order valence-electron chi connectivity index (χ4n) is 4.67. The van der Waals surface area contributed by atoms with Crippen LogP contribution in [0.5, 0.6) is 0 Å². The van der Waals surface area contributed by atoms with Crippen LogP contribution in [0.15, 0.2) is 30.5 Å². The van der Waals surface area contributed by atoms with Crippen molar-refractivity contribution in [1.82, 2.24) is 19.8 Å². The molecule has 31 heavy (non-hydrogen) atoms.